The summed E-state index contributed by atoms with van der Waals surface area (Å²) in [5, 5.41) is 9.11. The van der Waals surface area contributed by atoms with Crippen LogP contribution in [-0.2, 0) is 9.53 Å². The number of benzene rings is 1. The third-order valence-electron chi connectivity index (χ3n) is 4.39. The molecule has 0 saturated carbocycles. The Hall–Kier alpha value is -1.08. The number of hydrogen-bond donors (Lipinski definition) is 3. The average Bonchev–Trinajstić information content (AvgIpc) is 3.19. The molecule has 2 unspecified atom stereocenters. The summed E-state index contributed by atoms with van der Waals surface area (Å²) >= 11 is 0. The van der Waals surface area contributed by atoms with Gasteiger partial charge in [-0.1, -0.05) is 0 Å². The first-order valence-corrected chi connectivity index (χ1v) is 8.39. The van der Waals surface area contributed by atoms with Crippen molar-refractivity contribution in [2.45, 2.75) is 44.2 Å². The molecule has 0 aliphatic carbocycles. The van der Waals surface area contributed by atoms with Gasteiger partial charge in [0.25, 0.3) is 0 Å². The fourth-order valence-corrected chi connectivity index (χ4v) is 3.13. The zero-order chi connectivity index (χ0) is 16.1. The summed E-state index contributed by atoms with van der Waals surface area (Å²) < 4.78 is 19.6. The number of rotatable bonds is 6. The number of amides is 1. The predicted molar refractivity (Wildman–Crippen MR) is 103 cm³/mol. The highest BCUT2D eigenvalue weighted by Gasteiger charge is 2.18. The van der Waals surface area contributed by atoms with Crippen LogP contribution in [0.5, 0.6) is 0 Å². The van der Waals surface area contributed by atoms with Gasteiger partial charge in [-0.05, 0) is 50.4 Å². The Morgan fingerprint density at radius 3 is 2.76 bits per heavy atom. The highest BCUT2D eigenvalue weighted by atomic mass is 35.5. The molecule has 0 aromatic heterocycles. The van der Waals surface area contributed by atoms with Gasteiger partial charge in [0.2, 0.25) is 5.91 Å². The van der Waals surface area contributed by atoms with Crippen LogP contribution in [-0.4, -0.2) is 37.7 Å². The first-order chi connectivity index (χ1) is 11.2. The van der Waals surface area contributed by atoms with Crippen LogP contribution in [0.4, 0.5) is 15.8 Å². The van der Waals surface area contributed by atoms with Gasteiger partial charge in [-0.3, -0.25) is 4.79 Å². The first-order valence-electron chi connectivity index (χ1n) is 8.39. The fraction of sp³-hybridized carbons (Fsp3) is 0.588. The van der Waals surface area contributed by atoms with Crippen LogP contribution in [0.2, 0.25) is 0 Å². The van der Waals surface area contributed by atoms with Gasteiger partial charge in [0, 0.05) is 31.3 Å². The molecule has 1 amide bonds. The van der Waals surface area contributed by atoms with Crippen molar-refractivity contribution in [1.29, 1.82) is 0 Å². The van der Waals surface area contributed by atoms with Crippen molar-refractivity contribution in [1.82, 2.24) is 5.32 Å². The molecular weight excluding hydrogens is 368 g/mol. The molecule has 5 nitrogen and oxygen atoms in total. The third-order valence-corrected chi connectivity index (χ3v) is 4.39. The van der Waals surface area contributed by atoms with E-state index in [0.29, 0.717) is 24.3 Å². The van der Waals surface area contributed by atoms with Gasteiger partial charge in [-0.2, -0.15) is 0 Å². The summed E-state index contributed by atoms with van der Waals surface area (Å²) in [6.45, 7) is 2.36. The van der Waals surface area contributed by atoms with E-state index in [4.69, 9.17) is 4.74 Å². The van der Waals surface area contributed by atoms with E-state index < -0.39 is 0 Å². The molecule has 2 saturated heterocycles. The molecule has 2 aliphatic heterocycles. The number of ether oxygens (including phenoxy) is 1. The van der Waals surface area contributed by atoms with Gasteiger partial charge in [0.05, 0.1) is 11.8 Å². The Balaban J connectivity index is 0.00000156. The quantitative estimate of drug-likeness (QED) is 0.693. The summed E-state index contributed by atoms with van der Waals surface area (Å²) in [6.07, 6.45) is 4.80. The lowest BCUT2D eigenvalue weighted by molar-refractivity contribution is -0.116. The van der Waals surface area contributed by atoms with E-state index in [1.54, 1.807) is 12.1 Å². The standard InChI is InChI=1S/C17H24FN3O2.2ClH/c18-15-9-13(21-17(22)10-12-3-1-7-19-12)5-6-16(15)20-11-14-4-2-8-23-14;;/h5-6,9,12,14,19-20H,1-4,7-8,10-11H2,(H,21,22);2*1H. The second-order valence-electron chi connectivity index (χ2n) is 6.26. The maximum Gasteiger partial charge on any atom is 0.225 e. The third kappa shape index (κ3) is 6.62. The Bertz CT molecular complexity index is 551. The number of anilines is 2. The molecule has 1 aromatic rings. The van der Waals surface area contributed by atoms with Gasteiger partial charge >= 0.3 is 0 Å². The molecular formula is C17H26Cl2FN3O2. The lowest BCUT2D eigenvalue weighted by Gasteiger charge is -2.14. The Kier molecular flexibility index (Phi) is 9.50. The number of carbonyl (C=O) groups excluding carboxylic acids is 1. The smallest absolute Gasteiger partial charge is 0.225 e. The van der Waals surface area contributed by atoms with E-state index in [1.807, 2.05) is 0 Å². The number of halogens is 3. The molecule has 2 fully saturated rings. The van der Waals surface area contributed by atoms with E-state index in [0.717, 1.165) is 38.8 Å². The minimum Gasteiger partial charge on any atom is -0.380 e. The van der Waals surface area contributed by atoms with Crippen molar-refractivity contribution >= 4 is 42.1 Å². The zero-order valence-corrected chi connectivity index (χ0v) is 15.7. The minimum atomic E-state index is -0.361. The molecule has 0 spiro atoms. The average molecular weight is 394 g/mol. The molecule has 1 aromatic carbocycles. The SMILES string of the molecule is Cl.Cl.O=C(CC1CCCN1)Nc1ccc(NCC2CCCO2)c(F)c1. The second kappa shape index (κ2) is 10.8. The monoisotopic (exact) mass is 393 g/mol. The zero-order valence-electron chi connectivity index (χ0n) is 14.1. The van der Waals surface area contributed by atoms with E-state index in [1.165, 1.54) is 6.07 Å². The van der Waals surface area contributed by atoms with E-state index in [-0.39, 0.29) is 48.7 Å². The van der Waals surface area contributed by atoms with E-state index in [9.17, 15) is 9.18 Å². The molecule has 8 heteroatoms. The summed E-state index contributed by atoms with van der Waals surface area (Å²) in [7, 11) is 0. The van der Waals surface area contributed by atoms with Crippen LogP contribution in [0, 0.1) is 5.82 Å². The lowest BCUT2D eigenvalue weighted by atomic mass is 10.1. The number of hydrogen-bond acceptors (Lipinski definition) is 4. The van der Waals surface area contributed by atoms with Crippen molar-refractivity contribution in [2.24, 2.45) is 0 Å². The second-order valence-corrected chi connectivity index (χ2v) is 6.26. The van der Waals surface area contributed by atoms with Crippen LogP contribution in [0.3, 0.4) is 0 Å². The normalized spacial score (nSPS) is 22.0. The van der Waals surface area contributed by atoms with Crippen molar-refractivity contribution in [3.8, 4) is 0 Å². The molecule has 3 N–H and O–H groups in total. The van der Waals surface area contributed by atoms with Crippen molar-refractivity contribution in [2.75, 3.05) is 30.3 Å². The number of nitrogens with one attached hydrogen (secondary N) is 3. The summed E-state index contributed by atoms with van der Waals surface area (Å²) in [5.74, 6) is -0.441. The van der Waals surface area contributed by atoms with E-state index >= 15 is 0 Å². The maximum atomic E-state index is 14.1. The van der Waals surface area contributed by atoms with Crippen molar-refractivity contribution in [3.63, 3.8) is 0 Å². The summed E-state index contributed by atoms with van der Waals surface area (Å²) in [6, 6.07) is 4.99. The van der Waals surface area contributed by atoms with Gasteiger partial charge in [-0.25, -0.2) is 4.39 Å². The van der Waals surface area contributed by atoms with Crippen LogP contribution >= 0.6 is 24.8 Å². The van der Waals surface area contributed by atoms with Crippen molar-refractivity contribution in [3.05, 3.63) is 24.0 Å². The van der Waals surface area contributed by atoms with Gasteiger partial charge in [-0.15, -0.1) is 24.8 Å². The topological polar surface area (TPSA) is 62.4 Å². The molecule has 2 aliphatic rings. The Morgan fingerprint density at radius 1 is 1.28 bits per heavy atom. The fourth-order valence-electron chi connectivity index (χ4n) is 3.13. The Labute approximate surface area is 160 Å². The molecule has 0 bridgehead atoms. The summed E-state index contributed by atoms with van der Waals surface area (Å²) in [5.41, 5.74) is 0.934. The lowest BCUT2D eigenvalue weighted by Crippen LogP contribution is -2.27. The minimum absolute atomic E-state index is 0. The van der Waals surface area contributed by atoms with Gasteiger partial charge < -0.3 is 20.7 Å². The highest BCUT2D eigenvalue weighted by molar-refractivity contribution is 5.91. The van der Waals surface area contributed by atoms with E-state index in [2.05, 4.69) is 16.0 Å². The largest absolute Gasteiger partial charge is 0.380 e. The van der Waals surface area contributed by atoms with Crippen LogP contribution in [0.25, 0.3) is 0 Å². The molecule has 2 heterocycles. The first kappa shape index (κ1) is 22.0. The van der Waals surface area contributed by atoms with Gasteiger partial charge in [0.1, 0.15) is 5.82 Å². The molecule has 2 atom stereocenters. The summed E-state index contributed by atoms with van der Waals surface area (Å²) in [4.78, 5) is 12.0. The van der Waals surface area contributed by atoms with Crippen LogP contribution in [0.15, 0.2) is 18.2 Å². The van der Waals surface area contributed by atoms with Crippen LogP contribution in [0.1, 0.15) is 32.1 Å². The van der Waals surface area contributed by atoms with Crippen molar-refractivity contribution < 1.29 is 13.9 Å². The molecule has 142 valence electrons. The van der Waals surface area contributed by atoms with Crippen LogP contribution < -0.4 is 16.0 Å². The molecule has 3 rings (SSSR count). The highest BCUT2D eigenvalue weighted by Crippen LogP contribution is 2.21. The predicted octanol–water partition coefficient (Wildman–Crippen LogP) is 3.34. The number of carbonyl (C=O) groups is 1. The maximum absolute atomic E-state index is 14.1. The Morgan fingerprint density at radius 2 is 2.12 bits per heavy atom. The van der Waals surface area contributed by atoms with Gasteiger partial charge in [0.15, 0.2) is 0 Å². The molecule has 0 radical (unpaired) electrons. The molecule has 25 heavy (non-hydrogen) atoms.